The van der Waals surface area contributed by atoms with E-state index >= 15 is 0 Å². The highest BCUT2D eigenvalue weighted by Crippen LogP contribution is 2.27. The third-order valence-corrected chi connectivity index (χ3v) is 6.07. The molecule has 1 aromatic carbocycles. The first-order chi connectivity index (χ1) is 9.77. The first kappa shape index (κ1) is 18.4. The largest absolute Gasteiger partial charge is 0.392 e. The molecular weight excluding hydrogens is 310 g/mol. The molecule has 0 aliphatic rings. The van der Waals surface area contributed by atoms with E-state index in [1.54, 1.807) is 13.0 Å². The third-order valence-electron chi connectivity index (χ3n) is 3.79. The van der Waals surface area contributed by atoms with Crippen molar-refractivity contribution in [2.24, 2.45) is 5.92 Å². The molecule has 1 unspecified atom stereocenters. The topological polar surface area (TPSA) is 57.6 Å². The molecule has 0 aliphatic carbocycles. The van der Waals surface area contributed by atoms with Gasteiger partial charge in [0.05, 0.1) is 11.5 Å². The predicted octanol–water partition coefficient (Wildman–Crippen LogP) is 3.20. The number of nitrogens with zero attached hydrogens (tertiary/aromatic N) is 1. The second kappa shape index (κ2) is 7.58. The minimum absolute atomic E-state index is 0.184. The van der Waals surface area contributed by atoms with Gasteiger partial charge in [-0.05, 0) is 36.1 Å². The van der Waals surface area contributed by atoms with Crippen LogP contribution in [0.2, 0.25) is 5.02 Å². The van der Waals surface area contributed by atoms with Crippen LogP contribution < -0.4 is 0 Å². The van der Waals surface area contributed by atoms with Gasteiger partial charge >= 0.3 is 0 Å². The van der Waals surface area contributed by atoms with Gasteiger partial charge in [0.15, 0.2) is 0 Å². The summed E-state index contributed by atoms with van der Waals surface area (Å²) in [5.41, 5.74) is 1.10. The minimum Gasteiger partial charge on any atom is -0.392 e. The van der Waals surface area contributed by atoms with E-state index in [0.717, 1.165) is 6.42 Å². The van der Waals surface area contributed by atoms with Crippen molar-refractivity contribution in [3.05, 3.63) is 28.3 Å². The molecule has 0 aliphatic heterocycles. The fraction of sp³-hybridized carbons (Fsp3) is 0.600. The van der Waals surface area contributed by atoms with Gasteiger partial charge in [0.2, 0.25) is 10.0 Å². The van der Waals surface area contributed by atoms with Crippen LogP contribution in [0.15, 0.2) is 17.0 Å². The van der Waals surface area contributed by atoms with Crippen LogP contribution in [0.3, 0.4) is 0 Å². The SMILES string of the molecule is CCC(C)CN(CC)S(=O)(=O)c1cc(Cl)cc(CO)c1C. The van der Waals surface area contributed by atoms with Gasteiger partial charge < -0.3 is 5.11 Å². The number of hydrogen-bond donors (Lipinski definition) is 1. The van der Waals surface area contributed by atoms with Crippen molar-refractivity contribution in [1.29, 1.82) is 0 Å². The second-order valence-corrected chi connectivity index (χ2v) is 7.66. The maximum absolute atomic E-state index is 12.8. The quantitative estimate of drug-likeness (QED) is 0.833. The van der Waals surface area contributed by atoms with Crippen LogP contribution in [0, 0.1) is 12.8 Å². The van der Waals surface area contributed by atoms with E-state index in [1.165, 1.54) is 10.4 Å². The predicted molar refractivity (Wildman–Crippen MR) is 86.0 cm³/mol. The zero-order valence-corrected chi connectivity index (χ0v) is 14.6. The zero-order valence-electron chi connectivity index (χ0n) is 13.1. The van der Waals surface area contributed by atoms with Crippen LogP contribution in [0.25, 0.3) is 0 Å². The lowest BCUT2D eigenvalue weighted by Crippen LogP contribution is -2.35. The van der Waals surface area contributed by atoms with Gasteiger partial charge in [-0.25, -0.2) is 8.42 Å². The molecule has 0 saturated carbocycles. The Hall–Kier alpha value is -0.620. The van der Waals surface area contributed by atoms with Crippen molar-refractivity contribution >= 4 is 21.6 Å². The van der Waals surface area contributed by atoms with Crippen molar-refractivity contribution in [3.63, 3.8) is 0 Å². The molecule has 1 aromatic rings. The Labute approximate surface area is 132 Å². The number of hydrogen-bond acceptors (Lipinski definition) is 3. The van der Waals surface area contributed by atoms with Crippen molar-refractivity contribution < 1.29 is 13.5 Å². The van der Waals surface area contributed by atoms with Crippen LogP contribution in [-0.2, 0) is 16.6 Å². The molecular formula is C15H24ClNO3S. The van der Waals surface area contributed by atoms with Gasteiger partial charge in [0, 0.05) is 18.1 Å². The summed E-state index contributed by atoms with van der Waals surface area (Å²) in [7, 11) is -3.60. The summed E-state index contributed by atoms with van der Waals surface area (Å²) in [5.74, 6) is 0.288. The summed E-state index contributed by atoms with van der Waals surface area (Å²) in [5, 5.41) is 9.67. The van der Waals surface area contributed by atoms with Crippen molar-refractivity contribution in [3.8, 4) is 0 Å². The first-order valence-electron chi connectivity index (χ1n) is 7.17. The average molecular weight is 334 g/mol. The average Bonchev–Trinajstić information content (AvgIpc) is 2.45. The highest BCUT2D eigenvalue weighted by atomic mass is 35.5. The van der Waals surface area contributed by atoms with Crippen molar-refractivity contribution in [1.82, 2.24) is 4.31 Å². The summed E-state index contributed by atoms with van der Waals surface area (Å²) >= 11 is 5.99. The molecule has 0 saturated heterocycles. The fourth-order valence-corrected chi connectivity index (χ4v) is 4.32. The molecule has 0 heterocycles. The van der Waals surface area contributed by atoms with Crippen LogP contribution in [-0.4, -0.2) is 30.9 Å². The summed E-state index contributed by atoms with van der Waals surface area (Å²) < 4.78 is 27.2. The Morgan fingerprint density at radius 1 is 1.33 bits per heavy atom. The van der Waals surface area contributed by atoms with Crippen molar-refractivity contribution in [2.75, 3.05) is 13.1 Å². The van der Waals surface area contributed by atoms with Gasteiger partial charge in [0.25, 0.3) is 0 Å². The molecule has 0 bridgehead atoms. The molecule has 1 atom stereocenters. The van der Waals surface area contributed by atoms with E-state index in [2.05, 4.69) is 0 Å². The summed E-state index contributed by atoms with van der Waals surface area (Å²) in [6.07, 6.45) is 0.919. The van der Waals surface area contributed by atoms with E-state index < -0.39 is 10.0 Å². The Kier molecular flexibility index (Phi) is 6.66. The maximum Gasteiger partial charge on any atom is 0.243 e. The zero-order chi connectivity index (χ0) is 16.2. The molecule has 0 fully saturated rings. The summed E-state index contributed by atoms with van der Waals surface area (Å²) in [4.78, 5) is 0.184. The minimum atomic E-state index is -3.60. The van der Waals surface area contributed by atoms with Gasteiger partial charge in [-0.2, -0.15) is 4.31 Å². The normalized spacial score (nSPS) is 13.7. The molecule has 1 rings (SSSR count). The summed E-state index contributed by atoms with van der Waals surface area (Å²) in [6, 6.07) is 3.06. The number of aliphatic hydroxyl groups excluding tert-OH is 1. The van der Waals surface area contributed by atoms with Crippen LogP contribution in [0.5, 0.6) is 0 Å². The molecule has 0 amide bonds. The smallest absolute Gasteiger partial charge is 0.243 e. The number of benzene rings is 1. The second-order valence-electron chi connectivity index (χ2n) is 5.32. The number of aliphatic hydroxyl groups is 1. The highest BCUT2D eigenvalue weighted by Gasteiger charge is 2.27. The molecule has 6 heteroatoms. The monoisotopic (exact) mass is 333 g/mol. The van der Waals surface area contributed by atoms with Gasteiger partial charge in [-0.1, -0.05) is 38.8 Å². The van der Waals surface area contributed by atoms with Gasteiger partial charge in [0.1, 0.15) is 0 Å². The number of rotatable bonds is 7. The lowest BCUT2D eigenvalue weighted by Gasteiger charge is -2.25. The van der Waals surface area contributed by atoms with Gasteiger partial charge in [-0.15, -0.1) is 0 Å². The number of sulfonamides is 1. The lowest BCUT2D eigenvalue weighted by molar-refractivity contribution is 0.280. The van der Waals surface area contributed by atoms with E-state index in [-0.39, 0.29) is 17.4 Å². The molecule has 21 heavy (non-hydrogen) atoms. The Morgan fingerprint density at radius 2 is 1.95 bits per heavy atom. The Balaban J connectivity index is 3.32. The molecule has 120 valence electrons. The van der Waals surface area contributed by atoms with Crippen LogP contribution >= 0.6 is 11.6 Å². The molecule has 4 nitrogen and oxygen atoms in total. The lowest BCUT2D eigenvalue weighted by atomic mass is 10.1. The third kappa shape index (κ3) is 4.19. The summed E-state index contributed by atoms with van der Waals surface area (Å²) in [6.45, 7) is 8.26. The number of halogens is 1. The Bertz CT molecular complexity index is 587. The van der Waals surface area contributed by atoms with Gasteiger partial charge in [-0.3, -0.25) is 0 Å². The van der Waals surface area contributed by atoms with Crippen molar-refractivity contribution in [2.45, 2.75) is 45.6 Å². The van der Waals surface area contributed by atoms with E-state index in [4.69, 9.17) is 11.6 Å². The Morgan fingerprint density at radius 3 is 2.43 bits per heavy atom. The highest BCUT2D eigenvalue weighted by molar-refractivity contribution is 7.89. The van der Waals surface area contributed by atoms with Crippen LogP contribution in [0.4, 0.5) is 0 Å². The van der Waals surface area contributed by atoms with Crippen LogP contribution in [0.1, 0.15) is 38.3 Å². The standard InChI is InChI=1S/C15H24ClNO3S/c1-5-11(3)9-17(6-2)21(19,20)15-8-14(16)7-13(10-18)12(15)4/h7-8,11,18H,5-6,9-10H2,1-4H3. The maximum atomic E-state index is 12.8. The van der Waals surface area contributed by atoms with E-state index in [9.17, 15) is 13.5 Å². The fourth-order valence-electron chi connectivity index (χ4n) is 2.15. The van der Waals surface area contributed by atoms with E-state index in [1.807, 2.05) is 20.8 Å². The first-order valence-corrected chi connectivity index (χ1v) is 8.99. The molecule has 0 spiro atoms. The molecule has 0 aromatic heterocycles. The molecule has 1 N–H and O–H groups in total. The van der Waals surface area contributed by atoms with E-state index in [0.29, 0.717) is 29.2 Å². The molecule has 0 radical (unpaired) electrons.